The molecule has 1 aliphatic heterocycles. The van der Waals surface area contributed by atoms with Gasteiger partial charge in [0.1, 0.15) is 6.61 Å². The van der Waals surface area contributed by atoms with Crippen LogP contribution in [0.15, 0.2) is 30.3 Å². The molecule has 2 rings (SSSR count). The molecule has 1 aromatic carbocycles. The lowest BCUT2D eigenvalue weighted by atomic mass is 10.0. The highest BCUT2D eigenvalue weighted by Gasteiger charge is 2.37. The summed E-state index contributed by atoms with van der Waals surface area (Å²) in [5, 5.41) is 0. The molecule has 3 nitrogen and oxygen atoms in total. The molecule has 0 N–H and O–H groups in total. The van der Waals surface area contributed by atoms with Crippen molar-refractivity contribution >= 4 is 6.09 Å². The Morgan fingerprint density at radius 1 is 1.28 bits per heavy atom. The van der Waals surface area contributed by atoms with Crippen LogP contribution in [0.1, 0.15) is 26.3 Å². The Labute approximate surface area is 109 Å². The van der Waals surface area contributed by atoms with Gasteiger partial charge in [-0.1, -0.05) is 44.2 Å². The smallest absolute Gasteiger partial charge is 0.410 e. The zero-order valence-corrected chi connectivity index (χ0v) is 11.3. The van der Waals surface area contributed by atoms with Crippen molar-refractivity contribution in [3.8, 4) is 0 Å². The summed E-state index contributed by atoms with van der Waals surface area (Å²) >= 11 is 0. The molecule has 1 aromatic rings. The highest BCUT2D eigenvalue weighted by Crippen LogP contribution is 2.23. The van der Waals surface area contributed by atoms with Crippen LogP contribution in [0.2, 0.25) is 0 Å². The Morgan fingerprint density at radius 2 is 1.94 bits per heavy atom. The van der Waals surface area contributed by atoms with E-state index >= 15 is 0 Å². The lowest BCUT2D eigenvalue weighted by Gasteiger charge is -2.30. The number of amides is 1. The molecule has 1 fully saturated rings. The maximum atomic E-state index is 11.8. The molecule has 1 saturated heterocycles. The predicted octanol–water partition coefficient (Wildman–Crippen LogP) is 3.09. The maximum absolute atomic E-state index is 11.8. The van der Waals surface area contributed by atoms with Gasteiger partial charge in [-0.25, -0.2) is 4.79 Å². The van der Waals surface area contributed by atoms with Crippen LogP contribution in [0, 0.1) is 5.92 Å². The minimum Gasteiger partial charge on any atom is -0.447 e. The normalized spacial score (nSPS) is 21.2. The maximum Gasteiger partial charge on any atom is 0.410 e. The molecule has 2 atom stereocenters. The van der Waals surface area contributed by atoms with Gasteiger partial charge in [-0.3, -0.25) is 4.90 Å². The number of hydrogen-bond acceptors (Lipinski definition) is 2. The van der Waals surface area contributed by atoms with Gasteiger partial charge in [0.2, 0.25) is 0 Å². The van der Waals surface area contributed by atoms with E-state index in [4.69, 9.17) is 4.74 Å². The Kier molecular flexibility index (Phi) is 3.90. The minimum absolute atomic E-state index is 0.164. The quantitative estimate of drug-likeness (QED) is 0.818. The first kappa shape index (κ1) is 12.9. The average molecular weight is 247 g/mol. The van der Waals surface area contributed by atoms with Gasteiger partial charge in [-0.2, -0.15) is 0 Å². The average Bonchev–Trinajstić information content (AvgIpc) is 2.71. The molecule has 1 unspecified atom stereocenters. The zero-order chi connectivity index (χ0) is 13.1. The third kappa shape index (κ3) is 2.66. The number of nitrogens with zero attached hydrogens (tertiary/aromatic N) is 1. The minimum atomic E-state index is -0.169. The highest BCUT2D eigenvalue weighted by atomic mass is 16.6. The second-order valence-electron chi connectivity index (χ2n) is 5.31. The number of carbonyl (C=O) groups is 1. The topological polar surface area (TPSA) is 29.5 Å². The van der Waals surface area contributed by atoms with E-state index in [2.05, 4.69) is 32.9 Å². The van der Waals surface area contributed by atoms with Crippen LogP contribution < -0.4 is 0 Å². The van der Waals surface area contributed by atoms with Gasteiger partial charge in [0, 0.05) is 6.04 Å². The highest BCUT2D eigenvalue weighted by molar-refractivity contribution is 5.70. The van der Waals surface area contributed by atoms with E-state index in [1.54, 1.807) is 0 Å². The van der Waals surface area contributed by atoms with Gasteiger partial charge < -0.3 is 4.74 Å². The van der Waals surface area contributed by atoms with Crippen LogP contribution in [0.25, 0.3) is 0 Å². The van der Waals surface area contributed by atoms with Crippen LogP contribution in [0.5, 0.6) is 0 Å². The van der Waals surface area contributed by atoms with E-state index in [1.165, 1.54) is 5.56 Å². The second kappa shape index (κ2) is 5.42. The summed E-state index contributed by atoms with van der Waals surface area (Å²) in [5.74, 6) is 0.439. The summed E-state index contributed by atoms with van der Waals surface area (Å²) in [6, 6.07) is 10.6. The molecule has 1 amide bonds. The van der Waals surface area contributed by atoms with Crippen LogP contribution >= 0.6 is 0 Å². The van der Waals surface area contributed by atoms with Gasteiger partial charge in [0.05, 0.1) is 6.04 Å². The Hall–Kier alpha value is -1.51. The molecule has 0 radical (unpaired) electrons. The van der Waals surface area contributed by atoms with E-state index in [0.29, 0.717) is 12.5 Å². The van der Waals surface area contributed by atoms with E-state index in [-0.39, 0.29) is 18.2 Å². The molecule has 3 heteroatoms. The summed E-state index contributed by atoms with van der Waals surface area (Å²) in [4.78, 5) is 13.7. The van der Waals surface area contributed by atoms with Crippen LogP contribution in [-0.4, -0.2) is 29.7 Å². The van der Waals surface area contributed by atoms with Crippen LogP contribution in [0.4, 0.5) is 4.79 Å². The molecule has 0 aromatic heterocycles. The standard InChI is InChI=1S/C15H21NO2/c1-11(2)12(3)16-14(10-18-15(16)17)9-13-7-5-4-6-8-13/h4-8,11-12,14H,9-10H2,1-3H3/t12-,14?/m1/s1. The lowest BCUT2D eigenvalue weighted by molar-refractivity contribution is 0.136. The second-order valence-corrected chi connectivity index (χ2v) is 5.31. The number of ether oxygens (including phenoxy) is 1. The molecule has 1 heterocycles. The summed E-state index contributed by atoms with van der Waals surface area (Å²) < 4.78 is 5.21. The first-order chi connectivity index (χ1) is 8.59. The Morgan fingerprint density at radius 3 is 2.56 bits per heavy atom. The summed E-state index contributed by atoms with van der Waals surface area (Å²) in [5.41, 5.74) is 1.25. The number of benzene rings is 1. The Balaban J connectivity index is 2.10. The van der Waals surface area contributed by atoms with E-state index in [9.17, 15) is 4.79 Å². The van der Waals surface area contributed by atoms with E-state index in [0.717, 1.165) is 6.42 Å². The van der Waals surface area contributed by atoms with Gasteiger partial charge in [0.15, 0.2) is 0 Å². The number of cyclic esters (lactones) is 1. The fourth-order valence-corrected chi connectivity index (χ4v) is 2.33. The van der Waals surface area contributed by atoms with Crippen molar-refractivity contribution in [3.63, 3.8) is 0 Å². The third-order valence-corrected chi connectivity index (χ3v) is 3.72. The van der Waals surface area contributed by atoms with Gasteiger partial charge >= 0.3 is 6.09 Å². The molecule has 0 aliphatic carbocycles. The summed E-state index contributed by atoms with van der Waals surface area (Å²) in [6.45, 7) is 6.87. The molecule has 0 bridgehead atoms. The monoisotopic (exact) mass is 247 g/mol. The molecule has 0 saturated carbocycles. The first-order valence-electron chi connectivity index (χ1n) is 6.58. The SMILES string of the molecule is CC(C)[C@@H](C)N1C(=O)OCC1Cc1ccccc1. The van der Waals surface area contributed by atoms with Crippen LogP contribution in [0.3, 0.4) is 0 Å². The fraction of sp³-hybridized carbons (Fsp3) is 0.533. The van der Waals surface area contributed by atoms with Crippen molar-refractivity contribution in [2.45, 2.75) is 39.3 Å². The molecule has 98 valence electrons. The number of hydrogen-bond donors (Lipinski definition) is 0. The summed E-state index contributed by atoms with van der Waals surface area (Å²) in [7, 11) is 0. The number of carbonyl (C=O) groups excluding carboxylic acids is 1. The van der Waals surface area contributed by atoms with Gasteiger partial charge in [0.25, 0.3) is 0 Å². The molecule has 18 heavy (non-hydrogen) atoms. The van der Waals surface area contributed by atoms with Crippen molar-refractivity contribution < 1.29 is 9.53 Å². The Bertz CT molecular complexity index is 402. The van der Waals surface area contributed by atoms with Crippen molar-refractivity contribution in [2.75, 3.05) is 6.61 Å². The van der Waals surface area contributed by atoms with Gasteiger partial charge in [-0.15, -0.1) is 0 Å². The van der Waals surface area contributed by atoms with E-state index in [1.807, 2.05) is 23.1 Å². The zero-order valence-electron chi connectivity index (χ0n) is 11.3. The van der Waals surface area contributed by atoms with E-state index < -0.39 is 0 Å². The first-order valence-corrected chi connectivity index (χ1v) is 6.58. The molecule has 0 spiro atoms. The number of rotatable bonds is 4. The fourth-order valence-electron chi connectivity index (χ4n) is 2.33. The van der Waals surface area contributed by atoms with Crippen molar-refractivity contribution in [3.05, 3.63) is 35.9 Å². The molecular weight excluding hydrogens is 226 g/mol. The third-order valence-electron chi connectivity index (χ3n) is 3.72. The molecular formula is C15H21NO2. The van der Waals surface area contributed by atoms with Crippen molar-refractivity contribution in [1.82, 2.24) is 4.90 Å². The predicted molar refractivity (Wildman–Crippen MR) is 71.4 cm³/mol. The van der Waals surface area contributed by atoms with Crippen molar-refractivity contribution in [1.29, 1.82) is 0 Å². The van der Waals surface area contributed by atoms with Gasteiger partial charge in [-0.05, 0) is 24.8 Å². The largest absolute Gasteiger partial charge is 0.447 e. The summed E-state index contributed by atoms with van der Waals surface area (Å²) in [6.07, 6.45) is 0.695. The van der Waals surface area contributed by atoms with Crippen molar-refractivity contribution in [2.24, 2.45) is 5.92 Å². The molecule has 1 aliphatic rings. The lowest BCUT2D eigenvalue weighted by Crippen LogP contribution is -2.44. The van der Waals surface area contributed by atoms with Crippen LogP contribution in [-0.2, 0) is 11.2 Å².